The van der Waals surface area contributed by atoms with Gasteiger partial charge in [0, 0.05) is 55.7 Å². The molecular formula is C32H28ClN5O7. The topological polar surface area (TPSA) is 136 Å². The van der Waals surface area contributed by atoms with Crippen LogP contribution in [0.5, 0.6) is 17.2 Å². The largest absolute Gasteiger partial charge is 0.496 e. The van der Waals surface area contributed by atoms with Crippen LogP contribution in [0.1, 0.15) is 40.7 Å². The van der Waals surface area contributed by atoms with E-state index in [1.54, 1.807) is 49.2 Å². The molecule has 4 heterocycles. The second-order valence-corrected chi connectivity index (χ2v) is 11.7. The van der Waals surface area contributed by atoms with Crippen LogP contribution in [0.2, 0.25) is 5.02 Å². The summed E-state index contributed by atoms with van der Waals surface area (Å²) in [7, 11) is 5.78. The number of aromatic nitrogens is 4. The van der Waals surface area contributed by atoms with E-state index < -0.39 is 40.3 Å². The lowest BCUT2D eigenvalue weighted by Gasteiger charge is -2.42. The Morgan fingerprint density at radius 1 is 1.02 bits per heavy atom. The molecule has 7 rings (SSSR count). The molecule has 1 aliphatic carbocycles. The van der Waals surface area contributed by atoms with Gasteiger partial charge < -0.3 is 19.5 Å². The first-order chi connectivity index (χ1) is 21.5. The van der Waals surface area contributed by atoms with Crippen molar-refractivity contribution in [3.8, 4) is 22.9 Å². The van der Waals surface area contributed by atoms with Crippen molar-refractivity contribution in [1.29, 1.82) is 0 Å². The fraction of sp³-hybridized carbons (Fsp3) is 0.281. The number of carbonyl (C=O) groups is 2. The SMILES string of the molecule is COc1cc(OC)c2c(c1Cl)O[C@@]1(C(=O)C3=C(C[C@H]1C)Nc1c(c(=O)n(C)c(=O)n1C)[C@H]3c1ccc(-n3cccn3)cc1)C2=O. The van der Waals surface area contributed by atoms with Crippen molar-refractivity contribution >= 4 is 29.0 Å². The summed E-state index contributed by atoms with van der Waals surface area (Å²) >= 11 is 6.63. The molecule has 0 bridgehead atoms. The highest BCUT2D eigenvalue weighted by atomic mass is 35.5. The zero-order valence-electron chi connectivity index (χ0n) is 25.0. The second kappa shape index (κ2) is 9.96. The van der Waals surface area contributed by atoms with Crippen LogP contribution in [0.25, 0.3) is 5.69 Å². The van der Waals surface area contributed by atoms with Crippen molar-refractivity contribution < 1.29 is 23.8 Å². The van der Waals surface area contributed by atoms with Crippen LogP contribution in [-0.4, -0.2) is 50.3 Å². The van der Waals surface area contributed by atoms with Crippen molar-refractivity contribution in [1.82, 2.24) is 18.9 Å². The molecule has 3 aliphatic rings. The molecule has 13 heteroatoms. The number of Topliss-reactive ketones (excluding diaryl/α,β-unsaturated/α-hetero) is 2. The summed E-state index contributed by atoms with van der Waals surface area (Å²) in [6.07, 6.45) is 3.65. The fourth-order valence-corrected chi connectivity index (χ4v) is 7.03. The van der Waals surface area contributed by atoms with Gasteiger partial charge >= 0.3 is 5.69 Å². The van der Waals surface area contributed by atoms with Crippen LogP contribution in [0, 0.1) is 5.92 Å². The van der Waals surface area contributed by atoms with Crippen LogP contribution in [0.15, 0.2) is 69.7 Å². The van der Waals surface area contributed by atoms with E-state index in [4.69, 9.17) is 25.8 Å². The maximum absolute atomic E-state index is 15.0. The van der Waals surface area contributed by atoms with Gasteiger partial charge in [-0.1, -0.05) is 30.7 Å². The zero-order valence-corrected chi connectivity index (χ0v) is 25.8. The minimum atomic E-state index is -1.98. The number of nitrogens with zero attached hydrogens (tertiary/aromatic N) is 4. The summed E-state index contributed by atoms with van der Waals surface area (Å²) in [5.74, 6) is -2.12. The highest BCUT2D eigenvalue weighted by Gasteiger charge is 2.63. The number of allylic oxidation sites excluding steroid dienone is 1. The third kappa shape index (κ3) is 3.75. The number of carbonyl (C=O) groups excluding carboxylic acids is 2. The van der Waals surface area contributed by atoms with Gasteiger partial charge in [-0.3, -0.25) is 23.5 Å². The maximum Gasteiger partial charge on any atom is 0.332 e. The van der Waals surface area contributed by atoms with Gasteiger partial charge in [0.05, 0.1) is 25.5 Å². The van der Waals surface area contributed by atoms with E-state index in [1.165, 1.54) is 31.9 Å². The van der Waals surface area contributed by atoms with Gasteiger partial charge in [0.2, 0.25) is 17.2 Å². The predicted molar refractivity (Wildman–Crippen MR) is 164 cm³/mol. The summed E-state index contributed by atoms with van der Waals surface area (Å²) in [5, 5.41) is 7.54. The Labute approximate surface area is 261 Å². The number of rotatable bonds is 4. The van der Waals surface area contributed by atoms with E-state index in [2.05, 4.69) is 10.4 Å². The molecule has 1 spiro atoms. The number of methoxy groups -OCH3 is 2. The first kappa shape index (κ1) is 28.7. The van der Waals surface area contributed by atoms with Crippen LogP contribution < -0.4 is 30.8 Å². The summed E-state index contributed by atoms with van der Waals surface area (Å²) in [5.41, 5.74) is -0.748. The number of anilines is 1. The lowest BCUT2D eigenvalue weighted by Crippen LogP contribution is -2.58. The first-order valence-corrected chi connectivity index (χ1v) is 14.6. The molecule has 0 amide bonds. The molecule has 2 aromatic carbocycles. The Morgan fingerprint density at radius 2 is 1.73 bits per heavy atom. The standard InChI is InChI=1S/C32H28ClN5O7/c1-15-13-18-22(27(39)32(15)28(40)23-19(43-4)14-20(44-5)25(33)26(23)45-32)21(16-7-9-17(10-8-16)38-12-6-11-34-38)24-29(35-18)36(2)31(42)37(3)30(24)41/h6-12,14-15,21,35H,13H2,1-5H3/t15-,21+,32+/m1/s1. The normalized spacial score (nSPS) is 21.6. The van der Waals surface area contributed by atoms with E-state index in [9.17, 15) is 19.2 Å². The highest BCUT2D eigenvalue weighted by Crippen LogP contribution is 2.56. The molecule has 2 aliphatic heterocycles. The zero-order chi connectivity index (χ0) is 31.9. The molecule has 4 aromatic rings. The van der Waals surface area contributed by atoms with Gasteiger partial charge in [-0.05, 0) is 30.2 Å². The molecule has 2 aromatic heterocycles. The average molecular weight is 630 g/mol. The molecule has 0 unspecified atom stereocenters. The van der Waals surface area contributed by atoms with Crippen molar-refractivity contribution in [3.05, 3.63) is 103 Å². The van der Waals surface area contributed by atoms with Crippen LogP contribution in [0.4, 0.5) is 5.82 Å². The lowest BCUT2D eigenvalue weighted by molar-refractivity contribution is -0.130. The summed E-state index contributed by atoms with van der Waals surface area (Å²) in [4.78, 5) is 56.2. The summed E-state index contributed by atoms with van der Waals surface area (Å²) in [6, 6.07) is 10.5. The number of fused-ring (bicyclic) bond motifs is 2. The van der Waals surface area contributed by atoms with E-state index in [0.29, 0.717) is 11.3 Å². The van der Waals surface area contributed by atoms with Gasteiger partial charge in [-0.25, -0.2) is 9.48 Å². The molecule has 0 fully saturated rings. The maximum atomic E-state index is 15.0. The molecule has 230 valence electrons. The Bertz CT molecular complexity index is 2100. The fourth-order valence-electron chi connectivity index (χ4n) is 6.76. The predicted octanol–water partition coefficient (Wildman–Crippen LogP) is 3.37. The lowest BCUT2D eigenvalue weighted by atomic mass is 9.66. The molecule has 0 saturated heterocycles. The van der Waals surface area contributed by atoms with Crippen molar-refractivity contribution in [3.63, 3.8) is 0 Å². The van der Waals surface area contributed by atoms with E-state index in [-0.39, 0.29) is 51.2 Å². The number of hydrogen-bond donors (Lipinski definition) is 1. The third-order valence-corrected chi connectivity index (χ3v) is 9.43. The van der Waals surface area contributed by atoms with Crippen LogP contribution in [0.3, 0.4) is 0 Å². The van der Waals surface area contributed by atoms with E-state index in [0.717, 1.165) is 10.3 Å². The van der Waals surface area contributed by atoms with Crippen molar-refractivity contribution in [2.24, 2.45) is 20.0 Å². The van der Waals surface area contributed by atoms with Gasteiger partial charge in [0.15, 0.2) is 5.75 Å². The average Bonchev–Trinajstić information content (AvgIpc) is 3.69. The molecule has 0 radical (unpaired) electrons. The molecule has 45 heavy (non-hydrogen) atoms. The highest BCUT2D eigenvalue weighted by molar-refractivity contribution is 6.36. The van der Waals surface area contributed by atoms with Crippen LogP contribution in [-0.2, 0) is 18.9 Å². The monoisotopic (exact) mass is 629 g/mol. The Morgan fingerprint density at radius 3 is 2.38 bits per heavy atom. The first-order valence-electron chi connectivity index (χ1n) is 14.2. The van der Waals surface area contributed by atoms with Gasteiger partial charge in [0.1, 0.15) is 27.9 Å². The minimum absolute atomic E-state index is 0.00437. The molecule has 0 saturated carbocycles. The second-order valence-electron chi connectivity index (χ2n) is 11.4. The van der Waals surface area contributed by atoms with Crippen LogP contribution >= 0.6 is 11.6 Å². The third-order valence-electron chi connectivity index (χ3n) is 9.07. The molecule has 3 atom stereocenters. The smallest absolute Gasteiger partial charge is 0.332 e. The van der Waals surface area contributed by atoms with E-state index >= 15 is 0 Å². The minimum Gasteiger partial charge on any atom is -0.496 e. The molecular weight excluding hydrogens is 602 g/mol. The number of hydrogen-bond acceptors (Lipinski definition) is 9. The Balaban J connectivity index is 1.45. The van der Waals surface area contributed by atoms with Gasteiger partial charge in [-0.15, -0.1) is 0 Å². The molecule has 1 N–H and O–H groups in total. The quantitative estimate of drug-likeness (QED) is 0.337. The van der Waals surface area contributed by atoms with Gasteiger partial charge in [-0.2, -0.15) is 5.10 Å². The van der Waals surface area contributed by atoms with Crippen molar-refractivity contribution in [2.75, 3.05) is 19.5 Å². The number of benzene rings is 2. The van der Waals surface area contributed by atoms with Crippen molar-refractivity contribution in [2.45, 2.75) is 24.9 Å². The number of nitrogens with one attached hydrogen (secondary N) is 1. The number of halogens is 1. The summed E-state index contributed by atoms with van der Waals surface area (Å²) in [6.45, 7) is 1.75. The Hall–Kier alpha value is -5.10. The van der Waals surface area contributed by atoms with E-state index in [1.807, 2.05) is 12.1 Å². The number of ether oxygens (including phenoxy) is 3. The Kier molecular flexibility index (Phi) is 6.34. The summed E-state index contributed by atoms with van der Waals surface area (Å²) < 4.78 is 21.3. The number of ketones is 2. The molecule has 12 nitrogen and oxygen atoms in total. The van der Waals surface area contributed by atoms with Gasteiger partial charge in [0.25, 0.3) is 5.56 Å².